The van der Waals surface area contributed by atoms with Gasteiger partial charge in [-0.2, -0.15) is 0 Å². The fourth-order valence-electron chi connectivity index (χ4n) is 2.08. The van der Waals surface area contributed by atoms with Gasteiger partial charge in [0.15, 0.2) is 0 Å². The SMILES string of the molecule is Cc1ccc(S(=O)(=O)NCc2cc(C3CC3)ncn2)cc1. The number of hydrogen-bond acceptors (Lipinski definition) is 4. The standard InChI is InChI=1S/C15H17N3O2S/c1-11-2-6-14(7-3-11)21(19,20)18-9-13-8-15(12-4-5-12)17-10-16-13/h2-3,6-8,10,12,18H,4-5,9H2,1H3. The smallest absolute Gasteiger partial charge is 0.240 e. The number of rotatable bonds is 5. The first-order chi connectivity index (χ1) is 10.0. The summed E-state index contributed by atoms with van der Waals surface area (Å²) in [6.07, 6.45) is 3.82. The average molecular weight is 303 g/mol. The predicted molar refractivity (Wildman–Crippen MR) is 79.2 cm³/mol. The number of hydrogen-bond donors (Lipinski definition) is 1. The molecule has 0 atom stereocenters. The highest BCUT2D eigenvalue weighted by atomic mass is 32.2. The first-order valence-corrected chi connectivity index (χ1v) is 8.40. The van der Waals surface area contributed by atoms with E-state index < -0.39 is 10.0 Å². The number of sulfonamides is 1. The molecule has 1 aromatic carbocycles. The Morgan fingerprint density at radius 3 is 2.57 bits per heavy atom. The maximum absolute atomic E-state index is 12.2. The molecule has 0 aliphatic heterocycles. The van der Waals surface area contributed by atoms with E-state index in [9.17, 15) is 8.42 Å². The van der Waals surface area contributed by atoms with Crippen molar-refractivity contribution >= 4 is 10.0 Å². The van der Waals surface area contributed by atoms with Crippen molar-refractivity contribution in [2.75, 3.05) is 0 Å². The van der Waals surface area contributed by atoms with Gasteiger partial charge in [-0.1, -0.05) is 17.7 Å². The zero-order valence-corrected chi connectivity index (χ0v) is 12.6. The van der Waals surface area contributed by atoms with E-state index in [0.29, 0.717) is 11.6 Å². The van der Waals surface area contributed by atoms with Crippen molar-refractivity contribution in [3.05, 3.63) is 53.6 Å². The number of aryl methyl sites for hydroxylation is 1. The molecule has 1 aliphatic carbocycles. The molecule has 1 aliphatic rings. The molecule has 0 saturated heterocycles. The third kappa shape index (κ3) is 3.46. The summed E-state index contributed by atoms with van der Waals surface area (Å²) in [5.74, 6) is 0.528. The summed E-state index contributed by atoms with van der Waals surface area (Å²) in [6, 6.07) is 8.66. The Labute approximate surface area is 124 Å². The molecule has 6 heteroatoms. The second-order valence-electron chi connectivity index (χ2n) is 5.35. The Kier molecular flexibility index (Phi) is 3.73. The minimum atomic E-state index is -3.50. The topological polar surface area (TPSA) is 72.0 Å². The minimum absolute atomic E-state index is 0.179. The van der Waals surface area contributed by atoms with Gasteiger partial charge < -0.3 is 0 Å². The lowest BCUT2D eigenvalue weighted by Gasteiger charge is -2.07. The molecular weight excluding hydrogens is 286 g/mol. The van der Waals surface area contributed by atoms with Gasteiger partial charge in [0.1, 0.15) is 6.33 Å². The molecule has 5 nitrogen and oxygen atoms in total. The van der Waals surface area contributed by atoms with Gasteiger partial charge in [-0.25, -0.2) is 23.1 Å². The van der Waals surface area contributed by atoms with Crippen LogP contribution in [0.5, 0.6) is 0 Å². The van der Waals surface area contributed by atoms with Gasteiger partial charge in [0.2, 0.25) is 10.0 Å². The van der Waals surface area contributed by atoms with E-state index >= 15 is 0 Å². The van der Waals surface area contributed by atoms with E-state index in [-0.39, 0.29) is 11.4 Å². The molecule has 1 N–H and O–H groups in total. The molecule has 1 fully saturated rings. The van der Waals surface area contributed by atoms with Crippen LogP contribution in [0.25, 0.3) is 0 Å². The fourth-order valence-corrected chi connectivity index (χ4v) is 3.08. The molecule has 1 saturated carbocycles. The van der Waals surface area contributed by atoms with E-state index in [1.807, 2.05) is 13.0 Å². The summed E-state index contributed by atoms with van der Waals surface area (Å²) in [4.78, 5) is 8.62. The van der Waals surface area contributed by atoms with Crippen LogP contribution in [-0.2, 0) is 16.6 Å². The van der Waals surface area contributed by atoms with Gasteiger partial charge in [-0.15, -0.1) is 0 Å². The number of benzene rings is 1. The molecule has 0 bridgehead atoms. The first-order valence-electron chi connectivity index (χ1n) is 6.92. The maximum Gasteiger partial charge on any atom is 0.240 e. The quantitative estimate of drug-likeness (QED) is 0.918. The van der Waals surface area contributed by atoms with Crippen molar-refractivity contribution in [1.29, 1.82) is 0 Å². The lowest BCUT2D eigenvalue weighted by molar-refractivity contribution is 0.580. The van der Waals surface area contributed by atoms with Crippen molar-refractivity contribution in [3.8, 4) is 0 Å². The summed E-state index contributed by atoms with van der Waals surface area (Å²) in [6.45, 7) is 2.10. The highest BCUT2D eigenvalue weighted by Crippen LogP contribution is 2.38. The minimum Gasteiger partial charge on any atom is -0.241 e. The van der Waals surface area contributed by atoms with Gasteiger partial charge in [0.25, 0.3) is 0 Å². The number of nitrogens with one attached hydrogen (secondary N) is 1. The van der Waals surface area contributed by atoms with E-state index in [1.54, 1.807) is 24.3 Å². The second kappa shape index (κ2) is 5.54. The van der Waals surface area contributed by atoms with Crippen LogP contribution in [0.15, 0.2) is 41.6 Å². The normalized spacial score (nSPS) is 15.1. The van der Waals surface area contributed by atoms with E-state index in [0.717, 1.165) is 24.1 Å². The first kappa shape index (κ1) is 14.2. The highest BCUT2D eigenvalue weighted by molar-refractivity contribution is 7.89. The van der Waals surface area contributed by atoms with E-state index in [4.69, 9.17) is 0 Å². The summed E-state index contributed by atoms with van der Waals surface area (Å²) in [5, 5.41) is 0. The summed E-state index contributed by atoms with van der Waals surface area (Å²) in [5.41, 5.74) is 2.73. The zero-order valence-electron chi connectivity index (χ0n) is 11.8. The molecule has 2 aromatic rings. The van der Waals surface area contributed by atoms with Crippen molar-refractivity contribution in [1.82, 2.24) is 14.7 Å². The number of nitrogens with zero attached hydrogens (tertiary/aromatic N) is 2. The summed E-state index contributed by atoms with van der Waals surface area (Å²) in [7, 11) is -3.50. The molecule has 21 heavy (non-hydrogen) atoms. The Hall–Kier alpha value is -1.79. The highest BCUT2D eigenvalue weighted by Gasteiger charge is 2.25. The Morgan fingerprint density at radius 1 is 1.19 bits per heavy atom. The van der Waals surface area contributed by atoms with Crippen LogP contribution >= 0.6 is 0 Å². The molecule has 1 heterocycles. The molecule has 0 radical (unpaired) electrons. The average Bonchev–Trinajstić information content (AvgIpc) is 3.31. The van der Waals surface area contributed by atoms with Crippen LogP contribution < -0.4 is 4.72 Å². The second-order valence-corrected chi connectivity index (χ2v) is 7.11. The van der Waals surface area contributed by atoms with Crippen LogP contribution in [0.1, 0.15) is 35.7 Å². The van der Waals surface area contributed by atoms with Crippen LogP contribution in [0, 0.1) is 6.92 Å². The van der Waals surface area contributed by atoms with Crippen LogP contribution in [0.3, 0.4) is 0 Å². The Morgan fingerprint density at radius 2 is 1.90 bits per heavy atom. The molecule has 0 unspecified atom stereocenters. The van der Waals surface area contributed by atoms with Gasteiger partial charge in [-0.3, -0.25) is 0 Å². The van der Waals surface area contributed by atoms with Crippen molar-refractivity contribution in [2.45, 2.75) is 37.1 Å². The van der Waals surface area contributed by atoms with Gasteiger partial charge in [0.05, 0.1) is 17.1 Å². The monoisotopic (exact) mass is 303 g/mol. The predicted octanol–water partition coefficient (Wildman–Crippen LogP) is 2.14. The van der Waals surface area contributed by atoms with Gasteiger partial charge >= 0.3 is 0 Å². The Bertz CT molecular complexity index is 738. The zero-order chi connectivity index (χ0) is 14.9. The van der Waals surface area contributed by atoms with Crippen LogP contribution in [0.2, 0.25) is 0 Å². The molecule has 0 spiro atoms. The lowest BCUT2D eigenvalue weighted by Crippen LogP contribution is -2.23. The van der Waals surface area contributed by atoms with Crippen molar-refractivity contribution in [3.63, 3.8) is 0 Å². The van der Waals surface area contributed by atoms with Gasteiger partial charge in [-0.05, 0) is 38.0 Å². The molecule has 0 amide bonds. The van der Waals surface area contributed by atoms with E-state index in [2.05, 4.69) is 14.7 Å². The largest absolute Gasteiger partial charge is 0.241 e. The summed E-state index contributed by atoms with van der Waals surface area (Å²) >= 11 is 0. The third-order valence-electron chi connectivity index (χ3n) is 3.52. The Balaban J connectivity index is 1.71. The molecule has 3 rings (SSSR count). The maximum atomic E-state index is 12.2. The molecular formula is C15H17N3O2S. The summed E-state index contributed by atoms with van der Waals surface area (Å²) < 4.78 is 27.0. The number of aromatic nitrogens is 2. The fraction of sp³-hybridized carbons (Fsp3) is 0.333. The van der Waals surface area contributed by atoms with Crippen molar-refractivity contribution < 1.29 is 8.42 Å². The van der Waals surface area contributed by atoms with Crippen molar-refractivity contribution in [2.24, 2.45) is 0 Å². The van der Waals surface area contributed by atoms with Crippen LogP contribution in [-0.4, -0.2) is 18.4 Å². The molecule has 110 valence electrons. The lowest BCUT2D eigenvalue weighted by atomic mass is 10.2. The third-order valence-corrected chi connectivity index (χ3v) is 4.93. The van der Waals surface area contributed by atoms with E-state index in [1.165, 1.54) is 6.33 Å². The molecule has 1 aromatic heterocycles. The van der Waals surface area contributed by atoms with Crippen LogP contribution in [0.4, 0.5) is 0 Å². The van der Waals surface area contributed by atoms with Gasteiger partial charge in [0, 0.05) is 11.6 Å².